The summed E-state index contributed by atoms with van der Waals surface area (Å²) in [5, 5.41) is 6.98. The molecular formula is C29H41N3O2S. The molecule has 2 aromatic rings. The van der Waals surface area contributed by atoms with Crippen LogP contribution in [0.3, 0.4) is 0 Å². The first-order valence-corrected chi connectivity index (χ1v) is 14.0. The quantitative estimate of drug-likeness (QED) is 0.471. The van der Waals surface area contributed by atoms with Crippen LogP contribution in [0.1, 0.15) is 86.2 Å². The Bertz CT molecular complexity index is 1070. The number of anilines is 2. The van der Waals surface area contributed by atoms with E-state index in [1.165, 1.54) is 11.3 Å². The van der Waals surface area contributed by atoms with Crippen molar-refractivity contribution < 1.29 is 9.59 Å². The standard InChI is InChI=1S/C29H41N3O2S/c1-6-22-12-7-8-15-32(22)18-25(33)31-28-26(27(34)30-21-11-9-10-19(2)16-21)23-14-13-20(29(3,4)5)17-24(23)35-28/h9-11,16,20,22H,6-8,12-15,17-18H2,1-5H3,(H,30,34)(H,31,33)/t20-,22+/m1/s1. The van der Waals surface area contributed by atoms with Gasteiger partial charge in [-0.1, -0.05) is 46.2 Å². The second kappa shape index (κ2) is 10.8. The molecule has 1 aliphatic heterocycles. The second-order valence-electron chi connectivity index (χ2n) is 11.4. The summed E-state index contributed by atoms with van der Waals surface area (Å²) in [7, 11) is 0. The Balaban J connectivity index is 1.59. The zero-order chi connectivity index (χ0) is 25.2. The SMILES string of the molecule is CC[C@H]1CCCCN1CC(=O)Nc1sc2c(c1C(=O)Nc1cccc(C)c1)CC[C@@H](C(C)(C)C)C2. The molecule has 190 valence electrons. The van der Waals surface area contributed by atoms with Gasteiger partial charge in [0.1, 0.15) is 5.00 Å². The van der Waals surface area contributed by atoms with Crippen LogP contribution >= 0.6 is 11.3 Å². The van der Waals surface area contributed by atoms with Crippen LogP contribution in [0.2, 0.25) is 0 Å². The van der Waals surface area contributed by atoms with E-state index in [2.05, 4.69) is 43.2 Å². The van der Waals surface area contributed by atoms with E-state index in [9.17, 15) is 9.59 Å². The number of hydrogen-bond acceptors (Lipinski definition) is 4. The largest absolute Gasteiger partial charge is 0.322 e. The Morgan fingerprint density at radius 2 is 1.94 bits per heavy atom. The van der Waals surface area contributed by atoms with E-state index in [0.29, 0.717) is 29.1 Å². The van der Waals surface area contributed by atoms with Crippen molar-refractivity contribution in [2.24, 2.45) is 11.3 Å². The highest BCUT2D eigenvalue weighted by Gasteiger charge is 2.34. The van der Waals surface area contributed by atoms with E-state index in [1.807, 2.05) is 31.2 Å². The maximum Gasteiger partial charge on any atom is 0.258 e. The number of likely N-dealkylation sites (tertiary alicyclic amines) is 1. The molecule has 2 N–H and O–H groups in total. The first-order chi connectivity index (χ1) is 16.7. The molecule has 0 radical (unpaired) electrons. The van der Waals surface area contributed by atoms with Crippen molar-refractivity contribution in [3.05, 3.63) is 45.8 Å². The zero-order valence-electron chi connectivity index (χ0n) is 22.0. The van der Waals surface area contributed by atoms with Gasteiger partial charge in [0.15, 0.2) is 0 Å². The third-order valence-corrected chi connectivity index (χ3v) is 8.98. The van der Waals surface area contributed by atoms with Gasteiger partial charge in [0.2, 0.25) is 5.91 Å². The van der Waals surface area contributed by atoms with Crippen molar-refractivity contribution in [3.63, 3.8) is 0 Å². The number of nitrogens with one attached hydrogen (secondary N) is 2. The van der Waals surface area contributed by atoms with E-state index >= 15 is 0 Å². The molecule has 2 atom stereocenters. The molecule has 2 heterocycles. The Morgan fingerprint density at radius 3 is 2.66 bits per heavy atom. The molecule has 0 spiro atoms. The molecule has 4 rings (SSSR count). The highest BCUT2D eigenvalue weighted by molar-refractivity contribution is 7.17. The predicted molar refractivity (Wildman–Crippen MR) is 147 cm³/mol. The Morgan fingerprint density at radius 1 is 1.14 bits per heavy atom. The van der Waals surface area contributed by atoms with Crippen LogP contribution in [0.15, 0.2) is 24.3 Å². The zero-order valence-corrected chi connectivity index (χ0v) is 22.8. The summed E-state index contributed by atoms with van der Waals surface area (Å²) in [6.45, 7) is 12.5. The van der Waals surface area contributed by atoms with Crippen LogP contribution in [0.4, 0.5) is 10.7 Å². The van der Waals surface area contributed by atoms with Crippen LogP contribution in [-0.4, -0.2) is 35.8 Å². The van der Waals surface area contributed by atoms with Crippen LogP contribution in [0, 0.1) is 18.3 Å². The van der Waals surface area contributed by atoms with Crippen LogP contribution in [0.5, 0.6) is 0 Å². The third-order valence-electron chi connectivity index (χ3n) is 7.81. The summed E-state index contributed by atoms with van der Waals surface area (Å²) >= 11 is 1.61. The number of carbonyl (C=O) groups is 2. The van der Waals surface area contributed by atoms with Gasteiger partial charge in [0.25, 0.3) is 5.91 Å². The summed E-state index contributed by atoms with van der Waals surface area (Å²) in [6.07, 6.45) is 7.53. The van der Waals surface area contributed by atoms with Gasteiger partial charge in [-0.05, 0) is 86.6 Å². The van der Waals surface area contributed by atoms with Gasteiger partial charge in [0.05, 0.1) is 12.1 Å². The number of aryl methyl sites for hydroxylation is 1. The number of nitrogens with zero attached hydrogens (tertiary/aromatic N) is 1. The summed E-state index contributed by atoms with van der Waals surface area (Å²) < 4.78 is 0. The molecule has 2 amide bonds. The van der Waals surface area contributed by atoms with Gasteiger partial charge in [-0.2, -0.15) is 0 Å². The van der Waals surface area contributed by atoms with Gasteiger partial charge in [0, 0.05) is 16.6 Å². The van der Waals surface area contributed by atoms with Crippen LogP contribution < -0.4 is 10.6 Å². The molecule has 0 unspecified atom stereocenters. The highest BCUT2D eigenvalue weighted by Crippen LogP contribution is 2.44. The topological polar surface area (TPSA) is 61.4 Å². The number of amides is 2. The Kier molecular flexibility index (Phi) is 8.02. The van der Waals surface area contributed by atoms with E-state index < -0.39 is 0 Å². The van der Waals surface area contributed by atoms with Gasteiger partial charge in [-0.25, -0.2) is 0 Å². The van der Waals surface area contributed by atoms with Gasteiger partial charge < -0.3 is 10.6 Å². The second-order valence-corrected chi connectivity index (χ2v) is 12.5. The number of carbonyl (C=O) groups excluding carboxylic acids is 2. The lowest BCUT2D eigenvalue weighted by Gasteiger charge is -2.34. The van der Waals surface area contributed by atoms with Crippen molar-refractivity contribution in [2.75, 3.05) is 23.7 Å². The third kappa shape index (κ3) is 6.15. The fourth-order valence-corrected chi connectivity index (χ4v) is 6.99. The smallest absolute Gasteiger partial charge is 0.258 e. The van der Waals surface area contributed by atoms with E-state index in [4.69, 9.17) is 0 Å². The maximum absolute atomic E-state index is 13.6. The van der Waals surface area contributed by atoms with Gasteiger partial charge in [-0.3, -0.25) is 14.5 Å². The summed E-state index contributed by atoms with van der Waals surface area (Å²) in [4.78, 5) is 30.3. The monoisotopic (exact) mass is 495 g/mol. The molecule has 1 aliphatic carbocycles. The molecule has 0 saturated carbocycles. The first-order valence-electron chi connectivity index (χ1n) is 13.2. The number of piperidine rings is 1. The highest BCUT2D eigenvalue weighted by atomic mass is 32.1. The molecule has 5 nitrogen and oxygen atoms in total. The first kappa shape index (κ1) is 25.9. The number of fused-ring (bicyclic) bond motifs is 1. The van der Waals surface area contributed by atoms with Crippen molar-refractivity contribution >= 4 is 33.8 Å². The Labute approximate surface area is 214 Å². The minimum atomic E-state index is -0.123. The van der Waals surface area contributed by atoms with Gasteiger partial charge >= 0.3 is 0 Å². The maximum atomic E-state index is 13.6. The lowest BCUT2D eigenvalue weighted by molar-refractivity contribution is -0.118. The number of thiophene rings is 1. The van der Waals surface area contributed by atoms with Gasteiger partial charge in [-0.15, -0.1) is 11.3 Å². The fourth-order valence-electron chi connectivity index (χ4n) is 5.65. The summed E-state index contributed by atoms with van der Waals surface area (Å²) in [5.74, 6) is 0.437. The lowest BCUT2D eigenvalue weighted by atomic mass is 9.72. The normalized spacial score (nSPS) is 20.8. The predicted octanol–water partition coefficient (Wildman–Crippen LogP) is 6.66. The summed E-state index contributed by atoms with van der Waals surface area (Å²) in [6, 6.07) is 8.34. The van der Waals surface area contributed by atoms with E-state index in [0.717, 1.165) is 61.9 Å². The average molecular weight is 496 g/mol. The number of hydrogen-bond donors (Lipinski definition) is 2. The van der Waals surface area contributed by atoms with Crippen molar-refractivity contribution in [3.8, 4) is 0 Å². The molecular weight excluding hydrogens is 454 g/mol. The summed E-state index contributed by atoms with van der Waals surface area (Å²) in [5.41, 5.74) is 3.90. The minimum Gasteiger partial charge on any atom is -0.322 e. The molecule has 6 heteroatoms. The molecule has 2 aliphatic rings. The molecule has 1 fully saturated rings. The Hall–Kier alpha value is -2.18. The fraction of sp³-hybridized carbons (Fsp3) is 0.586. The molecule has 1 saturated heterocycles. The molecule has 1 aromatic heterocycles. The molecule has 35 heavy (non-hydrogen) atoms. The number of benzene rings is 1. The van der Waals surface area contributed by atoms with E-state index in [-0.39, 0.29) is 17.2 Å². The number of rotatable bonds is 6. The average Bonchev–Trinajstić information content (AvgIpc) is 3.15. The molecule has 1 aromatic carbocycles. The lowest BCUT2D eigenvalue weighted by Crippen LogP contribution is -2.43. The van der Waals surface area contributed by atoms with Crippen LogP contribution in [-0.2, 0) is 17.6 Å². The van der Waals surface area contributed by atoms with Crippen molar-refractivity contribution in [1.82, 2.24) is 4.90 Å². The van der Waals surface area contributed by atoms with Crippen molar-refractivity contribution in [1.29, 1.82) is 0 Å². The van der Waals surface area contributed by atoms with Crippen LogP contribution in [0.25, 0.3) is 0 Å². The molecule has 0 bridgehead atoms. The van der Waals surface area contributed by atoms with E-state index in [1.54, 1.807) is 11.3 Å². The minimum absolute atomic E-state index is 0.0130. The van der Waals surface area contributed by atoms with Crippen molar-refractivity contribution in [2.45, 2.75) is 85.6 Å².